The molecule has 0 spiro atoms. The van der Waals surface area contributed by atoms with Crippen LogP contribution in [0.1, 0.15) is 15.9 Å². The molecule has 1 aromatic heterocycles. The lowest BCUT2D eigenvalue weighted by Gasteiger charge is -2.06. The van der Waals surface area contributed by atoms with Gasteiger partial charge in [-0.3, -0.25) is 9.89 Å². The molecule has 2 rings (SSSR count). The van der Waals surface area contributed by atoms with Gasteiger partial charge in [-0.25, -0.2) is 0 Å². The van der Waals surface area contributed by atoms with Crippen LogP contribution in [0.2, 0.25) is 0 Å². The summed E-state index contributed by atoms with van der Waals surface area (Å²) in [5.41, 5.74) is 8.35. The molecule has 1 aromatic carbocycles. The van der Waals surface area contributed by atoms with Gasteiger partial charge in [-0.05, 0) is 24.6 Å². The van der Waals surface area contributed by atoms with E-state index in [0.29, 0.717) is 16.9 Å². The molecule has 4 N–H and O–H groups in total. The minimum atomic E-state index is -0.237. The monoisotopic (exact) mass is 216 g/mol. The van der Waals surface area contributed by atoms with E-state index >= 15 is 0 Å². The molecule has 0 fully saturated rings. The average molecular weight is 216 g/mol. The SMILES string of the molecule is Cc1ccc(C(=O)Nc2cn[nH]c2)c(N)c1. The van der Waals surface area contributed by atoms with Crippen molar-refractivity contribution in [1.82, 2.24) is 10.2 Å². The molecule has 0 aliphatic carbocycles. The number of benzene rings is 1. The molecule has 2 aromatic rings. The Morgan fingerprint density at radius 3 is 2.94 bits per heavy atom. The van der Waals surface area contributed by atoms with Crippen LogP contribution in [0.25, 0.3) is 0 Å². The fraction of sp³-hybridized carbons (Fsp3) is 0.0909. The molecule has 82 valence electrons. The Bertz CT molecular complexity index is 505. The minimum absolute atomic E-state index is 0.237. The molecule has 0 aliphatic rings. The van der Waals surface area contributed by atoms with E-state index < -0.39 is 0 Å². The smallest absolute Gasteiger partial charge is 0.257 e. The van der Waals surface area contributed by atoms with Crippen molar-refractivity contribution in [3.8, 4) is 0 Å². The second-order valence-electron chi connectivity index (χ2n) is 3.53. The van der Waals surface area contributed by atoms with Gasteiger partial charge < -0.3 is 11.1 Å². The van der Waals surface area contributed by atoms with Gasteiger partial charge in [0.25, 0.3) is 5.91 Å². The van der Waals surface area contributed by atoms with E-state index in [2.05, 4.69) is 15.5 Å². The second-order valence-corrected chi connectivity index (χ2v) is 3.53. The summed E-state index contributed by atoms with van der Waals surface area (Å²) < 4.78 is 0. The van der Waals surface area contributed by atoms with Crippen LogP contribution in [0.4, 0.5) is 11.4 Å². The van der Waals surface area contributed by atoms with Gasteiger partial charge in [-0.2, -0.15) is 5.10 Å². The van der Waals surface area contributed by atoms with Crippen molar-refractivity contribution < 1.29 is 4.79 Å². The Kier molecular flexibility index (Phi) is 2.59. The van der Waals surface area contributed by atoms with Crippen molar-refractivity contribution >= 4 is 17.3 Å². The number of rotatable bonds is 2. The van der Waals surface area contributed by atoms with Gasteiger partial charge in [0.1, 0.15) is 0 Å². The first kappa shape index (κ1) is 10.2. The number of nitrogens with one attached hydrogen (secondary N) is 2. The Labute approximate surface area is 92.7 Å². The molecule has 1 heterocycles. The van der Waals surface area contributed by atoms with E-state index in [4.69, 9.17) is 5.73 Å². The molecule has 0 saturated carbocycles. The average Bonchev–Trinajstić information content (AvgIpc) is 2.70. The number of hydrogen-bond donors (Lipinski definition) is 3. The number of aryl methyl sites for hydroxylation is 1. The predicted molar refractivity (Wildman–Crippen MR) is 62.1 cm³/mol. The Morgan fingerprint density at radius 1 is 1.50 bits per heavy atom. The van der Waals surface area contributed by atoms with Crippen LogP contribution in [-0.2, 0) is 0 Å². The van der Waals surface area contributed by atoms with Crippen LogP contribution in [0, 0.1) is 6.92 Å². The summed E-state index contributed by atoms with van der Waals surface area (Å²) in [6.07, 6.45) is 3.13. The third kappa shape index (κ3) is 2.03. The van der Waals surface area contributed by atoms with E-state index in [1.54, 1.807) is 18.3 Å². The third-order valence-electron chi connectivity index (χ3n) is 2.21. The highest BCUT2D eigenvalue weighted by Crippen LogP contribution is 2.15. The Hall–Kier alpha value is -2.30. The van der Waals surface area contributed by atoms with Gasteiger partial charge in [0.15, 0.2) is 0 Å². The summed E-state index contributed by atoms with van der Waals surface area (Å²) in [5.74, 6) is -0.237. The van der Waals surface area contributed by atoms with Crippen LogP contribution in [0.5, 0.6) is 0 Å². The molecule has 0 radical (unpaired) electrons. The van der Waals surface area contributed by atoms with Crippen molar-refractivity contribution in [2.24, 2.45) is 0 Å². The quantitative estimate of drug-likeness (QED) is 0.666. The van der Waals surface area contributed by atoms with Gasteiger partial charge in [0.05, 0.1) is 17.4 Å². The largest absolute Gasteiger partial charge is 0.398 e. The highest BCUT2D eigenvalue weighted by molar-refractivity contribution is 6.07. The zero-order chi connectivity index (χ0) is 11.5. The standard InChI is InChI=1S/C11H12N4O/c1-7-2-3-9(10(12)4-7)11(16)15-8-5-13-14-6-8/h2-6H,12H2,1H3,(H,13,14)(H,15,16). The first-order chi connectivity index (χ1) is 7.66. The summed E-state index contributed by atoms with van der Waals surface area (Å²) in [7, 11) is 0. The van der Waals surface area contributed by atoms with Crippen LogP contribution < -0.4 is 11.1 Å². The van der Waals surface area contributed by atoms with Crippen LogP contribution in [-0.4, -0.2) is 16.1 Å². The molecule has 0 unspecified atom stereocenters. The summed E-state index contributed by atoms with van der Waals surface area (Å²) in [5, 5.41) is 9.03. The summed E-state index contributed by atoms with van der Waals surface area (Å²) in [6, 6.07) is 5.32. The first-order valence-electron chi connectivity index (χ1n) is 4.83. The molecule has 0 bridgehead atoms. The molecular formula is C11H12N4O. The van der Waals surface area contributed by atoms with Crippen LogP contribution in [0.3, 0.4) is 0 Å². The normalized spacial score (nSPS) is 10.1. The number of carbonyl (C=O) groups excluding carboxylic acids is 1. The molecule has 1 amide bonds. The van der Waals surface area contributed by atoms with Crippen molar-refractivity contribution in [3.05, 3.63) is 41.7 Å². The zero-order valence-corrected chi connectivity index (χ0v) is 8.82. The third-order valence-corrected chi connectivity index (χ3v) is 2.21. The van der Waals surface area contributed by atoms with Gasteiger partial charge in [-0.1, -0.05) is 6.07 Å². The topological polar surface area (TPSA) is 83.8 Å². The van der Waals surface area contributed by atoms with E-state index in [1.807, 2.05) is 13.0 Å². The number of hydrogen-bond acceptors (Lipinski definition) is 3. The van der Waals surface area contributed by atoms with Crippen molar-refractivity contribution in [1.29, 1.82) is 0 Å². The number of nitrogens with zero attached hydrogens (tertiary/aromatic N) is 1. The number of aromatic nitrogens is 2. The lowest BCUT2D eigenvalue weighted by atomic mass is 10.1. The number of H-pyrrole nitrogens is 1. The van der Waals surface area contributed by atoms with Crippen LogP contribution in [0.15, 0.2) is 30.6 Å². The molecule has 0 atom stereocenters. The van der Waals surface area contributed by atoms with Gasteiger partial charge in [0.2, 0.25) is 0 Å². The number of nitrogens with two attached hydrogens (primary N) is 1. The van der Waals surface area contributed by atoms with Crippen molar-refractivity contribution in [3.63, 3.8) is 0 Å². The van der Waals surface area contributed by atoms with Crippen molar-refractivity contribution in [2.75, 3.05) is 11.1 Å². The number of amides is 1. The molecule has 5 heteroatoms. The van der Waals surface area contributed by atoms with E-state index in [9.17, 15) is 4.79 Å². The highest BCUT2D eigenvalue weighted by Gasteiger charge is 2.09. The molecule has 5 nitrogen and oxygen atoms in total. The van der Waals surface area contributed by atoms with E-state index in [0.717, 1.165) is 5.56 Å². The fourth-order valence-electron chi connectivity index (χ4n) is 1.41. The first-order valence-corrected chi connectivity index (χ1v) is 4.83. The lowest BCUT2D eigenvalue weighted by molar-refractivity contribution is 0.102. The van der Waals surface area contributed by atoms with E-state index in [1.165, 1.54) is 6.20 Å². The fourth-order valence-corrected chi connectivity index (χ4v) is 1.41. The predicted octanol–water partition coefficient (Wildman–Crippen LogP) is 1.55. The van der Waals surface area contributed by atoms with Crippen molar-refractivity contribution in [2.45, 2.75) is 6.92 Å². The van der Waals surface area contributed by atoms with Gasteiger partial charge in [-0.15, -0.1) is 0 Å². The summed E-state index contributed by atoms with van der Waals surface area (Å²) in [4.78, 5) is 11.8. The van der Waals surface area contributed by atoms with Crippen LogP contribution >= 0.6 is 0 Å². The van der Waals surface area contributed by atoms with Gasteiger partial charge in [0, 0.05) is 11.9 Å². The maximum atomic E-state index is 11.8. The number of anilines is 2. The van der Waals surface area contributed by atoms with Gasteiger partial charge >= 0.3 is 0 Å². The minimum Gasteiger partial charge on any atom is -0.398 e. The molecule has 0 aliphatic heterocycles. The number of aromatic amines is 1. The molecule has 16 heavy (non-hydrogen) atoms. The molecular weight excluding hydrogens is 204 g/mol. The summed E-state index contributed by atoms with van der Waals surface area (Å²) in [6.45, 7) is 1.92. The Balaban J connectivity index is 2.21. The second kappa shape index (κ2) is 4.06. The maximum absolute atomic E-state index is 11.8. The number of carbonyl (C=O) groups is 1. The van der Waals surface area contributed by atoms with E-state index in [-0.39, 0.29) is 5.91 Å². The zero-order valence-electron chi connectivity index (χ0n) is 8.82. The Morgan fingerprint density at radius 2 is 2.31 bits per heavy atom. The number of nitrogen functional groups attached to an aromatic ring is 1. The summed E-state index contributed by atoms with van der Waals surface area (Å²) >= 11 is 0. The highest BCUT2D eigenvalue weighted by atomic mass is 16.1. The lowest BCUT2D eigenvalue weighted by Crippen LogP contribution is -2.13. The molecule has 0 saturated heterocycles. The maximum Gasteiger partial charge on any atom is 0.257 e.